The lowest BCUT2D eigenvalue weighted by Gasteiger charge is -2.30. The molecular formula is C14H21FN2O. The third-order valence-corrected chi connectivity index (χ3v) is 3.85. The Morgan fingerprint density at radius 2 is 2.00 bits per heavy atom. The molecule has 3 nitrogen and oxygen atoms in total. The number of nitrogens with two attached hydrogens (primary N) is 1. The quantitative estimate of drug-likeness (QED) is 0.722. The van der Waals surface area contributed by atoms with E-state index in [1.807, 2.05) is 0 Å². The molecule has 0 aromatic heterocycles. The molecule has 4 N–H and O–H groups in total. The lowest BCUT2D eigenvalue weighted by Crippen LogP contribution is -2.28. The Morgan fingerprint density at radius 1 is 1.28 bits per heavy atom. The van der Waals surface area contributed by atoms with E-state index < -0.39 is 0 Å². The predicted molar refractivity (Wildman–Crippen MR) is 71.8 cm³/mol. The van der Waals surface area contributed by atoms with Crippen molar-refractivity contribution < 1.29 is 9.50 Å². The number of nitrogen functional groups attached to an aromatic ring is 1. The first-order valence-electron chi connectivity index (χ1n) is 6.60. The highest BCUT2D eigenvalue weighted by atomic mass is 19.1. The fraction of sp³-hybridized carbons (Fsp3) is 0.571. The fourth-order valence-electron chi connectivity index (χ4n) is 2.71. The molecule has 100 valence electrons. The van der Waals surface area contributed by atoms with Crippen LogP contribution in [0.15, 0.2) is 18.2 Å². The van der Waals surface area contributed by atoms with Crippen molar-refractivity contribution in [3.05, 3.63) is 24.0 Å². The van der Waals surface area contributed by atoms with E-state index >= 15 is 0 Å². The zero-order chi connectivity index (χ0) is 13.0. The van der Waals surface area contributed by atoms with E-state index in [2.05, 4.69) is 5.32 Å². The van der Waals surface area contributed by atoms with Crippen molar-refractivity contribution in [2.24, 2.45) is 11.8 Å². The van der Waals surface area contributed by atoms with Crippen LogP contribution in [0.3, 0.4) is 0 Å². The Balaban J connectivity index is 1.93. The summed E-state index contributed by atoms with van der Waals surface area (Å²) in [6.07, 6.45) is 4.58. The van der Waals surface area contributed by atoms with Gasteiger partial charge in [0, 0.05) is 18.8 Å². The molecule has 0 aliphatic heterocycles. The number of halogens is 1. The van der Waals surface area contributed by atoms with Crippen LogP contribution in [0.1, 0.15) is 25.7 Å². The van der Waals surface area contributed by atoms with Crippen molar-refractivity contribution in [2.45, 2.75) is 25.7 Å². The average molecular weight is 252 g/mol. The molecule has 0 saturated heterocycles. The summed E-state index contributed by atoms with van der Waals surface area (Å²) in [6, 6.07) is 4.68. The number of anilines is 2. The van der Waals surface area contributed by atoms with E-state index in [4.69, 9.17) is 5.73 Å². The van der Waals surface area contributed by atoms with Crippen LogP contribution in [0.2, 0.25) is 0 Å². The van der Waals surface area contributed by atoms with Crippen LogP contribution in [0, 0.1) is 17.7 Å². The molecular weight excluding hydrogens is 231 g/mol. The van der Waals surface area contributed by atoms with Crippen molar-refractivity contribution in [2.75, 3.05) is 24.2 Å². The average Bonchev–Trinajstić information content (AvgIpc) is 2.38. The van der Waals surface area contributed by atoms with E-state index in [0.717, 1.165) is 12.8 Å². The summed E-state index contributed by atoms with van der Waals surface area (Å²) in [4.78, 5) is 0. The highest BCUT2D eigenvalue weighted by Crippen LogP contribution is 2.30. The van der Waals surface area contributed by atoms with Gasteiger partial charge in [0.2, 0.25) is 0 Å². The van der Waals surface area contributed by atoms with Crippen molar-refractivity contribution in [3.63, 3.8) is 0 Å². The molecule has 0 radical (unpaired) electrons. The second-order valence-electron chi connectivity index (χ2n) is 5.11. The Bertz CT molecular complexity index is 397. The molecule has 18 heavy (non-hydrogen) atoms. The molecule has 0 spiro atoms. The van der Waals surface area contributed by atoms with Gasteiger partial charge in [-0.15, -0.1) is 0 Å². The van der Waals surface area contributed by atoms with Gasteiger partial charge < -0.3 is 16.2 Å². The molecule has 1 saturated carbocycles. The van der Waals surface area contributed by atoms with Crippen LogP contribution in [0.25, 0.3) is 0 Å². The SMILES string of the molecule is Nc1ccc(NCC2CCCCC2CO)c(F)c1. The van der Waals surface area contributed by atoms with Gasteiger partial charge in [-0.2, -0.15) is 0 Å². The number of nitrogens with one attached hydrogen (secondary N) is 1. The van der Waals surface area contributed by atoms with E-state index in [1.165, 1.54) is 18.9 Å². The summed E-state index contributed by atoms with van der Waals surface area (Å²) in [5, 5.41) is 12.5. The van der Waals surface area contributed by atoms with Gasteiger partial charge in [-0.05, 0) is 42.9 Å². The fourth-order valence-corrected chi connectivity index (χ4v) is 2.71. The highest BCUT2D eigenvalue weighted by molar-refractivity contribution is 5.52. The molecule has 0 bridgehead atoms. The lowest BCUT2D eigenvalue weighted by atomic mass is 9.79. The largest absolute Gasteiger partial charge is 0.399 e. The molecule has 4 heteroatoms. The summed E-state index contributed by atoms with van der Waals surface area (Å²) < 4.78 is 13.6. The minimum atomic E-state index is -0.314. The Kier molecular flexibility index (Phi) is 4.42. The van der Waals surface area contributed by atoms with Crippen molar-refractivity contribution >= 4 is 11.4 Å². The van der Waals surface area contributed by atoms with Crippen molar-refractivity contribution in [1.82, 2.24) is 0 Å². The topological polar surface area (TPSA) is 58.3 Å². The van der Waals surface area contributed by atoms with E-state index in [-0.39, 0.29) is 12.4 Å². The van der Waals surface area contributed by atoms with Gasteiger partial charge in [-0.3, -0.25) is 0 Å². The van der Waals surface area contributed by atoms with Gasteiger partial charge in [0.25, 0.3) is 0 Å². The maximum Gasteiger partial charge on any atom is 0.148 e. The molecule has 2 rings (SSSR count). The number of hydrogen-bond acceptors (Lipinski definition) is 3. The summed E-state index contributed by atoms with van der Waals surface area (Å²) in [5.41, 5.74) is 6.44. The minimum absolute atomic E-state index is 0.233. The summed E-state index contributed by atoms with van der Waals surface area (Å²) in [7, 11) is 0. The van der Waals surface area contributed by atoms with Gasteiger partial charge in [0.05, 0.1) is 5.69 Å². The first-order chi connectivity index (χ1) is 8.70. The first kappa shape index (κ1) is 13.1. The monoisotopic (exact) mass is 252 g/mol. The summed E-state index contributed by atoms with van der Waals surface area (Å²) in [5.74, 6) is 0.468. The van der Waals surface area contributed by atoms with Crippen molar-refractivity contribution in [1.29, 1.82) is 0 Å². The molecule has 1 aromatic carbocycles. The molecule has 1 aliphatic carbocycles. The van der Waals surface area contributed by atoms with Gasteiger partial charge in [0.1, 0.15) is 5.82 Å². The standard InChI is InChI=1S/C14H21FN2O/c15-13-7-12(16)5-6-14(13)17-8-10-3-1-2-4-11(10)9-18/h5-7,10-11,17-18H,1-4,8-9,16H2. The predicted octanol–water partition coefficient (Wildman–Crippen LogP) is 2.62. The van der Waals surface area contributed by atoms with E-state index in [0.29, 0.717) is 29.8 Å². The number of hydrogen-bond donors (Lipinski definition) is 3. The number of benzene rings is 1. The Labute approximate surface area is 107 Å². The van der Waals surface area contributed by atoms with Crippen LogP contribution in [0.4, 0.5) is 15.8 Å². The molecule has 2 atom stereocenters. The third kappa shape index (κ3) is 3.13. The first-order valence-corrected chi connectivity index (χ1v) is 6.60. The number of aliphatic hydroxyl groups excluding tert-OH is 1. The maximum atomic E-state index is 13.6. The van der Waals surface area contributed by atoms with Gasteiger partial charge >= 0.3 is 0 Å². The van der Waals surface area contributed by atoms with Crippen LogP contribution in [-0.2, 0) is 0 Å². The molecule has 1 fully saturated rings. The third-order valence-electron chi connectivity index (χ3n) is 3.85. The van der Waals surface area contributed by atoms with Crippen molar-refractivity contribution in [3.8, 4) is 0 Å². The Morgan fingerprint density at radius 3 is 2.67 bits per heavy atom. The lowest BCUT2D eigenvalue weighted by molar-refractivity contribution is 0.141. The van der Waals surface area contributed by atoms with Crippen LogP contribution >= 0.6 is 0 Å². The van der Waals surface area contributed by atoms with Crippen LogP contribution in [-0.4, -0.2) is 18.3 Å². The number of rotatable bonds is 4. The summed E-state index contributed by atoms with van der Waals surface area (Å²) in [6.45, 7) is 0.947. The molecule has 1 aromatic rings. The van der Waals surface area contributed by atoms with E-state index in [1.54, 1.807) is 12.1 Å². The van der Waals surface area contributed by atoms with Gasteiger partial charge in [-0.25, -0.2) is 4.39 Å². The second-order valence-corrected chi connectivity index (χ2v) is 5.11. The van der Waals surface area contributed by atoms with Gasteiger partial charge in [-0.1, -0.05) is 12.8 Å². The minimum Gasteiger partial charge on any atom is -0.399 e. The van der Waals surface area contributed by atoms with Crippen LogP contribution in [0.5, 0.6) is 0 Å². The van der Waals surface area contributed by atoms with E-state index in [9.17, 15) is 9.50 Å². The van der Waals surface area contributed by atoms with Gasteiger partial charge in [0.15, 0.2) is 0 Å². The maximum absolute atomic E-state index is 13.6. The second kappa shape index (κ2) is 6.05. The number of aliphatic hydroxyl groups is 1. The highest BCUT2D eigenvalue weighted by Gasteiger charge is 2.24. The smallest absolute Gasteiger partial charge is 0.148 e. The summed E-state index contributed by atoms with van der Waals surface area (Å²) >= 11 is 0. The zero-order valence-corrected chi connectivity index (χ0v) is 10.5. The van der Waals surface area contributed by atoms with Crippen LogP contribution < -0.4 is 11.1 Å². The molecule has 1 aliphatic rings. The molecule has 2 unspecified atom stereocenters. The molecule has 0 heterocycles. The normalized spacial score (nSPS) is 23.9. The Hall–Kier alpha value is -1.29. The zero-order valence-electron chi connectivity index (χ0n) is 10.5. The molecule has 0 amide bonds.